The number of hydrogen-bond acceptors (Lipinski definition) is 3. The second kappa shape index (κ2) is 6.00. The van der Waals surface area contributed by atoms with Crippen LogP contribution in [-0.2, 0) is 9.57 Å². The number of halogens is 1. The van der Waals surface area contributed by atoms with E-state index in [0.717, 1.165) is 19.3 Å². The smallest absolute Gasteiger partial charge is 0.274 e. The maximum absolute atomic E-state index is 11.7. The molecule has 2 rings (SSSR count). The fourth-order valence-corrected chi connectivity index (χ4v) is 1.80. The van der Waals surface area contributed by atoms with Crippen molar-refractivity contribution in [3.05, 3.63) is 34.9 Å². The summed E-state index contributed by atoms with van der Waals surface area (Å²) in [5.41, 5.74) is 2.84. The Bertz CT molecular complexity index is 391. The van der Waals surface area contributed by atoms with Crippen LogP contribution in [0.5, 0.6) is 0 Å². The van der Waals surface area contributed by atoms with Crippen molar-refractivity contribution in [2.45, 2.75) is 25.6 Å². The van der Waals surface area contributed by atoms with Gasteiger partial charge < -0.3 is 4.74 Å². The lowest BCUT2D eigenvalue weighted by Crippen LogP contribution is -2.33. The van der Waals surface area contributed by atoms with Crippen LogP contribution in [-0.4, -0.2) is 18.8 Å². The zero-order valence-corrected chi connectivity index (χ0v) is 10.1. The molecule has 1 aliphatic heterocycles. The number of ether oxygens (including phenoxy) is 1. The molecule has 92 valence electrons. The molecule has 0 saturated carbocycles. The number of rotatable bonds is 3. The highest BCUT2D eigenvalue weighted by molar-refractivity contribution is 6.30. The van der Waals surface area contributed by atoms with Crippen molar-refractivity contribution in [3.63, 3.8) is 0 Å². The molecule has 5 heteroatoms. The summed E-state index contributed by atoms with van der Waals surface area (Å²) in [6, 6.07) is 6.69. The molecule has 1 saturated heterocycles. The Balaban J connectivity index is 1.84. The van der Waals surface area contributed by atoms with Crippen molar-refractivity contribution >= 4 is 17.5 Å². The second-order valence-electron chi connectivity index (χ2n) is 3.86. The molecule has 0 aromatic heterocycles. The van der Waals surface area contributed by atoms with E-state index in [9.17, 15) is 4.79 Å². The van der Waals surface area contributed by atoms with Crippen molar-refractivity contribution < 1.29 is 14.4 Å². The topological polar surface area (TPSA) is 47.6 Å². The van der Waals surface area contributed by atoms with Crippen molar-refractivity contribution in [1.82, 2.24) is 5.48 Å². The van der Waals surface area contributed by atoms with Gasteiger partial charge in [-0.05, 0) is 31.0 Å². The average molecular weight is 256 g/mol. The Morgan fingerprint density at radius 3 is 3.06 bits per heavy atom. The summed E-state index contributed by atoms with van der Waals surface area (Å²) in [5, 5.41) is 0.520. The standard InChI is InChI=1S/C12H14ClNO3/c13-10-5-3-4-9(8-10)12(15)14-17-11-6-1-2-7-16-11/h3-5,8,11H,1-2,6-7H2,(H,14,15). The normalized spacial score (nSPS) is 19.9. The lowest BCUT2D eigenvalue weighted by Gasteiger charge is -2.22. The van der Waals surface area contributed by atoms with E-state index in [2.05, 4.69) is 5.48 Å². The molecule has 1 atom stereocenters. The average Bonchev–Trinajstić information content (AvgIpc) is 2.37. The van der Waals surface area contributed by atoms with Crippen LogP contribution in [0, 0.1) is 0 Å². The van der Waals surface area contributed by atoms with Gasteiger partial charge in [-0.25, -0.2) is 10.3 Å². The van der Waals surface area contributed by atoms with E-state index in [1.807, 2.05) is 0 Å². The van der Waals surface area contributed by atoms with E-state index in [1.54, 1.807) is 24.3 Å². The fourth-order valence-electron chi connectivity index (χ4n) is 1.61. The van der Waals surface area contributed by atoms with Crippen LogP contribution >= 0.6 is 11.6 Å². The molecule has 0 aliphatic carbocycles. The molecule has 0 spiro atoms. The summed E-state index contributed by atoms with van der Waals surface area (Å²) < 4.78 is 5.32. The van der Waals surface area contributed by atoms with Crippen LogP contribution in [0.2, 0.25) is 5.02 Å². The minimum atomic E-state index is -0.341. The van der Waals surface area contributed by atoms with Crippen molar-refractivity contribution in [2.24, 2.45) is 0 Å². The molecule has 0 radical (unpaired) electrons. The highest BCUT2D eigenvalue weighted by atomic mass is 35.5. The molecule has 1 fully saturated rings. The van der Waals surface area contributed by atoms with E-state index >= 15 is 0 Å². The van der Waals surface area contributed by atoms with Gasteiger partial charge in [0.15, 0.2) is 6.29 Å². The van der Waals surface area contributed by atoms with Crippen LogP contribution in [0.15, 0.2) is 24.3 Å². The van der Waals surface area contributed by atoms with Gasteiger partial charge in [0.25, 0.3) is 5.91 Å². The van der Waals surface area contributed by atoms with E-state index < -0.39 is 0 Å². The quantitative estimate of drug-likeness (QED) is 0.845. The first-order valence-electron chi connectivity index (χ1n) is 5.59. The monoisotopic (exact) mass is 255 g/mol. The van der Waals surface area contributed by atoms with E-state index in [-0.39, 0.29) is 12.2 Å². The first kappa shape index (κ1) is 12.4. The predicted molar refractivity (Wildman–Crippen MR) is 63.6 cm³/mol. The molecule has 1 aromatic carbocycles. The Labute approximate surface area is 105 Å². The van der Waals surface area contributed by atoms with Crippen LogP contribution < -0.4 is 5.48 Å². The first-order chi connectivity index (χ1) is 8.25. The van der Waals surface area contributed by atoms with Gasteiger partial charge in [-0.2, -0.15) is 0 Å². The Morgan fingerprint density at radius 2 is 2.35 bits per heavy atom. The summed E-state index contributed by atoms with van der Waals surface area (Å²) >= 11 is 5.79. The van der Waals surface area contributed by atoms with E-state index in [4.69, 9.17) is 21.2 Å². The summed E-state index contributed by atoms with van der Waals surface area (Å²) in [5.74, 6) is -0.318. The summed E-state index contributed by atoms with van der Waals surface area (Å²) in [6.45, 7) is 0.678. The predicted octanol–water partition coefficient (Wildman–Crippen LogP) is 2.53. The first-order valence-corrected chi connectivity index (χ1v) is 5.96. The third-order valence-corrected chi connectivity index (χ3v) is 2.74. The Kier molecular flexibility index (Phi) is 4.36. The number of amides is 1. The molecule has 1 aliphatic rings. The van der Waals surface area contributed by atoms with Gasteiger partial charge in [0.1, 0.15) is 0 Å². The molecule has 1 heterocycles. The molecule has 1 aromatic rings. The van der Waals surface area contributed by atoms with Gasteiger partial charge in [0.05, 0.1) is 0 Å². The van der Waals surface area contributed by atoms with Crippen molar-refractivity contribution in [1.29, 1.82) is 0 Å². The summed E-state index contributed by atoms with van der Waals surface area (Å²) in [7, 11) is 0. The molecule has 0 bridgehead atoms. The summed E-state index contributed by atoms with van der Waals surface area (Å²) in [4.78, 5) is 16.9. The van der Waals surface area contributed by atoms with Crippen molar-refractivity contribution in [3.8, 4) is 0 Å². The maximum Gasteiger partial charge on any atom is 0.274 e. The molecule has 1 amide bonds. The third-order valence-electron chi connectivity index (χ3n) is 2.51. The van der Waals surface area contributed by atoms with Gasteiger partial charge in [-0.1, -0.05) is 17.7 Å². The van der Waals surface area contributed by atoms with Crippen molar-refractivity contribution in [2.75, 3.05) is 6.61 Å². The third kappa shape index (κ3) is 3.70. The number of carbonyl (C=O) groups excluding carboxylic acids is 1. The highest BCUT2D eigenvalue weighted by Gasteiger charge is 2.16. The number of hydrogen-bond donors (Lipinski definition) is 1. The zero-order chi connectivity index (χ0) is 12.1. The van der Waals surface area contributed by atoms with Gasteiger partial charge in [-0.3, -0.25) is 4.79 Å². The fraction of sp³-hybridized carbons (Fsp3) is 0.417. The lowest BCUT2D eigenvalue weighted by atomic mass is 10.2. The minimum Gasteiger partial charge on any atom is -0.350 e. The van der Waals surface area contributed by atoms with Crippen LogP contribution in [0.3, 0.4) is 0 Å². The summed E-state index contributed by atoms with van der Waals surface area (Å²) in [6.07, 6.45) is 2.56. The van der Waals surface area contributed by atoms with Gasteiger partial charge >= 0.3 is 0 Å². The highest BCUT2D eigenvalue weighted by Crippen LogP contribution is 2.13. The zero-order valence-electron chi connectivity index (χ0n) is 9.32. The molecule has 1 N–H and O–H groups in total. The molecule has 17 heavy (non-hydrogen) atoms. The van der Waals surface area contributed by atoms with E-state index in [1.165, 1.54) is 0 Å². The molecular formula is C12H14ClNO3. The Morgan fingerprint density at radius 1 is 1.47 bits per heavy atom. The molecular weight excluding hydrogens is 242 g/mol. The SMILES string of the molecule is O=C(NOC1CCCCO1)c1cccc(Cl)c1. The second-order valence-corrected chi connectivity index (χ2v) is 4.29. The Hall–Kier alpha value is -1.10. The number of hydroxylamine groups is 1. The molecule has 1 unspecified atom stereocenters. The van der Waals surface area contributed by atoms with Crippen LogP contribution in [0.1, 0.15) is 29.6 Å². The van der Waals surface area contributed by atoms with Crippen LogP contribution in [0.4, 0.5) is 0 Å². The van der Waals surface area contributed by atoms with Crippen LogP contribution in [0.25, 0.3) is 0 Å². The lowest BCUT2D eigenvalue weighted by molar-refractivity contribution is -0.186. The maximum atomic E-state index is 11.7. The largest absolute Gasteiger partial charge is 0.350 e. The minimum absolute atomic E-state index is 0.318. The number of carbonyl (C=O) groups is 1. The van der Waals surface area contributed by atoms with E-state index in [0.29, 0.717) is 17.2 Å². The van der Waals surface area contributed by atoms with Gasteiger partial charge in [0, 0.05) is 23.6 Å². The molecule has 4 nitrogen and oxygen atoms in total. The number of benzene rings is 1. The van der Waals surface area contributed by atoms with Gasteiger partial charge in [-0.15, -0.1) is 0 Å². The van der Waals surface area contributed by atoms with Gasteiger partial charge in [0.2, 0.25) is 0 Å². The number of nitrogens with one attached hydrogen (secondary N) is 1.